The standard InChI is InChI=1S/C6H8N2OS.ClH/c7-4-5(9)8-2-1-3-10-6(4)8;/h1-2,4,6H,3,7H2;1H. The molecule has 1 fully saturated rings. The predicted molar refractivity (Wildman–Crippen MR) is 47.5 cm³/mol. The van der Waals surface area contributed by atoms with Crippen molar-refractivity contribution in [2.45, 2.75) is 11.4 Å². The van der Waals surface area contributed by atoms with Gasteiger partial charge in [-0.3, -0.25) is 4.79 Å². The molecule has 0 aromatic carbocycles. The Hall–Kier alpha value is -0.190. The van der Waals surface area contributed by atoms with Gasteiger partial charge in [0.15, 0.2) is 0 Å². The molecule has 0 saturated carbocycles. The molecule has 1 saturated heterocycles. The fraction of sp³-hybridized carbons (Fsp3) is 0.500. The van der Waals surface area contributed by atoms with Crippen molar-refractivity contribution < 1.29 is 4.79 Å². The van der Waals surface area contributed by atoms with E-state index in [-0.39, 0.29) is 29.7 Å². The monoisotopic (exact) mass is 192 g/mol. The van der Waals surface area contributed by atoms with E-state index < -0.39 is 0 Å². The molecule has 62 valence electrons. The first kappa shape index (κ1) is 8.90. The van der Waals surface area contributed by atoms with Crippen LogP contribution in [0.15, 0.2) is 12.3 Å². The SMILES string of the molecule is Cl.NC1C(=O)N2C=CCSC12. The van der Waals surface area contributed by atoms with E-state index in [2.05, 4.69) is 0 Å². The third-order valence-electron chi connectivity index (χ3n) is 1.75. The van der Waals surface area contributed by atoms with Gasteiger partial charge in [0.2, 0.25) is 5.91 Å². The van der Waals surface area contributed by atoms with Crippen molar-refractivity contribution >= 4 is 30.1 Å². The van der Waals surface area contributed by atoms with Gasteiger partial charge >= 0.3 is 0 Å². The third kappa shape index (κ3) is 1.15. The van der Waals surface area contributed by atoms with Gasteiger partial charge in [-0.2, -0.15) is 0 Å². The minimum absolute atomic E-state index is 0. The number of carbonyl (C=O) groups is 1. The Labute approximate surface area is 75.4 Å². The van der Waals surface area contributed by atoms with E-state index in [0.29, 0.717) is 0 Å². The Morgan fingerprint density at radius 2 is 2.45 bits per heavy atom. The summed E-state index contributed by atoms with van der Waals surface area (Å²) >= 11 is 1.72. The molecule has 11 heavy (non-hydrogen) atoms. The van der Waals surface area contributed by atoms with Crippen molar-refractivity contribution in [2.75, 3.05) is 5.75 Å². The maximum absolute atomic E-state index is 10.9. The Morgan fingerprint density at radius 3 is 3.09 bits per heavy atom. The quantitative estimate of drug-likeness (QED) is 0.557. The molecular weight excluding hydrogens is 184 g/mol. The van der Waals surface area contributed by atoms with Crippen LogP contribution in [0, 0.1) is 0 Å². The maximum atomic E-state index is 10.9. The highest BCUT2D eigenvalue weighted by molar-refractivity contribution is 8.00. The number of β-lactam (4-membered cyclic amide) rings is 1. The van der Waals surface area contributed by atoms with Crippen molar-refractivity contribution in [3.63, 3.8) is 0 Å². The number of halogens is 1. The average Bonchev–Trinajstić information content (AvgIpc) is 2.03. The molecule has 2 aliphatic rings. The van der Waals surface area contributed by atoms with Crippen LogP contribution in [0.1, 0.15) is 0 Å². The van der Waals surface area contributed by atoms with E-state index in [0.717, 1.165) is 5.75 Å². The number of nitrogens with zero attached hydrogens (tertiary/aromatic N) is 1. The minimum Gasteiger partial charge on any atom is -0.317 e. The second-order valence-corrected chi connectivity index (χ2v) is 3.53. The van der Waals surface area contributed by atoms with E-state index >= 15 is 0 Å². The lowest BCUT2D eigenvalue weighted by atomic mass is 10.1. The first-order valence-corrected chi connectivity index (χ1v) is 4.21. The first-order valence-electron chi connectivity index (χ1n) is 3.17. The van der Waals surface area contributed by atoms with Gasteiger partial charge in [0, 0.05) is 12.0 Å². The molecular formula is C6H9ClN2OS. The van der Waals surface area contributed by atoms with Crippen molar-refractivity contribution in [1.29, 1.82) is 0 Å². The van der Waals surface area contributed by atoms with Gasteiger partial charge in [0.05, 0.1) is 0 Å². The van der Waals surface area contributed by atoms with Crippen LogP contribution in [0.3, 0.4) is 0 Å². The number of hydrogen-bond donors (Lipinski definition) is 1. The summed E-state index contributed by atoms with van der Waals surface area (Å²) < 4.78 is 0. The van der Waals surface area contributed by atoms with Gasteiger partial charge < -0.3 is 10.6 Å². The normalized spacial score (nSPS) is 33.9. The third-order valence-corrected chi connectivity index (χ3v) is 3.00. The van der Waals surface area contributed by atoms with Gasteiger partial charge in [-0.1, -0.05) is 6.08 Å². The summed E-state index contributed by atoms with van der Waals surface area (Å²) in [5, 5.41) is 0.220. The molecule has 5 heteroatoms. The molecule has 2 atom stereocenters. The summed E-state index contributed by atoms with van der Waals surface area (Å²) in [6.07, 6.45) is 3.80. The molecule has 0 aromatic rings. The Kier molecular flexibility index (Phi) is 2.47. The molecule has 2 unspecified atom stereocenters. The molecule has 2 N–H and O–H groups in total. The molecule has 0 radical (unpaired) electrons. The second-order valence-electron chi connectivity index (χ2n) is 2.38. The first-order chi connectivity index (χ1) is 4.80. The van der Waals surface area contributed by atoms with Crippen LogP contribution >= 0.6 is 24.2 Å². The zero-order valence-electron chi connectivity index (χ0n) is 5.77. The van der Waals surface area contributed by atoms with E-state index in [9.17, 15) is 4.79 Å². The summed E-state index contributed by atoms with van der Waals surface area (Å²) in [5.41, 5.74) is 5.53. The van der Waals surface area contributed by atoms with E-state index in [1.54, 1.807) is 16.7 Å². The van der Waals surface area contributed by atoms with Gasteiger partial charge in [-0.15, -0.1) is 24.2 Å². The zero-order valence-corrected chi connectivity index (χ0v) is 7.40. The molecule has 1 amide bonds. The number of rotatable bonds is 0. The highest BCUT2D eigenvalue weighted by Gasteiger charge is 2.44. The highest BCUT2D eigenvalue weighted by atomic mass is 35.5. The summed E-state index contributed by atoms with van der Waals surface area (Å²) in [6, 6.07) is -0.255. The van der Waals surface area contributed by atoms with Crippen molar-refractivity contribution in [3.05, 3.63) is 12.3 Å². The molecule has 0 aliphatic carbocycles. The zero-order chi connectivity index (χ0) is 7.14. The number of carbonyl (C=O) groups excluding carboxylic acids is 1. The van der Waals surface area contributed by atoms with Crippen LogP contribution in [0.25, 0.3) is 0 Å². The smallest absolute Gasteiger partial charge is 0.247 e. The predicted octanol–water partition coefficient (Wildman–Crippen LogP) is 0.164. The number of hydrogen-bond acceptors (Lipinski definition) is 3. The van der Waals surface area contributed by atoms with Crippen LogP contribution in [-0.2, 0) is 4.79 Å². The van der Waals surface area contributed by atoms with Crippen LogP contribution in [0.4, 0.5) is 0 Å². The van der Waals surface area contributed by atoms with Gasteiger partial charge in [0.1, 0.15) is 11.4 Å². The van der Waals surface area contributed by atoms with Gasteiger partial charge in [0.25, 0.3) is 0 Å². The molecule has 0 aromatic heterocycles. The Bertz CT molecular complexity index is 209. The number of amides is 1. The average molecular weight is 193 g/mol. The fourth-order valence-corrected chi connectivity index (χ4v) is 2.22. The molecule has 0 bridgehead atoms. The minimum atomic E-state index is -0.255. The number of fused-ring (bicyclic) bond motifs is 1. The summed E-state index contributed by atoms with van der Waals surface area (Å²) in [6.45, 7) is 0. The molecule has 2 heterocycles. The van der Waals surface area contributed by atoms with Crippen molar-refractivity contribution in [3.8, 4) is 0 Å². The maximum Gasteiger partial charge on any atom is 0.247 e. The topological polar surface area (TPSA) is 46.3 Å². The largest absolute Gasteiger partial charge is 0.317 e. The van der Waals surface area contributed by atoms with E-state index in [1.807, 2.05) is 12.3 Å². The molecule has 0 spiro atoms. The lowest BCUT2D eigenvalue weighted by Crippen LogP contribution is -2.65. The van der Waals surface area contributed by atoms with Crippen molar-refractivity contribution in [2.24, 2.45) is 5.73 Å². The fourth-order valence-electron chi connectivity index (χ4n) is 1.16. The lowest BCUT2D eigenvalue weighted by molar-refractivity contribution is -0.140. The summed E-state index contributed by atoms with van der Waals surface area (Å²) in [7, 11) is 0. The molecule has 2 aliphatic heterocycles. The van der Waals surface area contributed by atoms with Crippen LogP contribution in [0.2, 0.25) is 0 Å². The molecule has 2 rings (SSSR count). The Balaban J connectivity index is 0.000000605. The van der Waals surface area contributed by atoms with Gasteiger partial charge in [-0.05, 0) is 0 Å². The van der Waals surface area contributed by atoms with Crippen LogP contribution in [0.5, 0.6) is 0 Å². The Morgan fingerprint density at radius 1 is 1.73 bits per heavy atom. The van der Waals surface area contributed by atoms with Crippen molar-refractivity contribution in [1.82, 2.24) is 4.90 Å². The van der Waals surface area contributed by atoms with Crippen LogP contribution in [-0.4, -0.2) is 28.0 Å². The summed E-state index contributed by atoms with van der Waals surface area (Å²) in [4.78, 5) is 12.6. The van der Waals surface area contributed by atoms with Gasteiger partial charge in [-0.25, -0.2) is 0 Å². The highest BCUT2D eigenvalue weighted by Crippen LogP contribution is 2.31. The molecule has 3 nitrogen and oxygen atoms in total. The van der Waals surface area contributed by atoms with Crippen LogP contribution < -0.4 is 5.73 Å². The number of thioether (sulfide) groups is 1. The van der Waals surface area contributed by atoms with E-state index in [4.69, 9.17) is 5.73 Å². The van der Waals surface area contributed by atoms with E-state index in [1.165, 1.54) is 0 Å². The summed E-state index contributed by atoms with van der Waals surface area (Å²) in [5.74, 6) is 1.02. The lowest BCUT2D eigenvalue weighted by Gasteiger charge is -2.44. The number of nitrogens with two attached hydrogens (primary N) is 1. The second kappa shape index (κ2) is 3.05.